The van der Waals surface area contributed by atoms with Gasteiger partial charge in [-0.05, 0) is 25.7 Å². The lowest BCUT2D eigenvalue weighted by atomic mass is 9.80. The highest BCUT2D eigenvalue weighted by atomic mass is 16.2. The Kier molecular flexibility index (Phi) is 4.20. The van der Waals surface area contributed by atoms with Gasteiger partial charge in [0.25, 0.3) is 0 Å². The van der Waals surface area contributed by atoms with E-state index in [1.54, 1.807) is 0 Å². The van der Waals surface area contributed by atoms with Crippen molar-refractivity contribution in [3.05, 3.63) is 0 Å². The summed E-state index contributed by atoms with van der Waals surface area (Å²) in [6, 6.07) is 0.409. The van der Waals surface area contributed by atoms with E-state index in [0.717, 1.165) is 18.7 Å². The van der Waals surface area contributed by atoms with Crippen LogP contribution in [0, 0.1) is 0 Å². The monoisotopic (exact) mass is 292 g/mol. The molecule has 1 saturated heterocycles. The van der Waals surface area contributed by atoms with Crippen LogP contribution in [0.1, 0.15) is 64.2 Å². The van der Waals surface area contributed by atoms with Gasteiger partial charge in [-0.2, -0.15) is 0 Å². The minimum absolute atomic E-state index is 0.00328. The van der Waals surface area contributed by atoms with Gasteiger partial charge in [-0.3, -0.25) is 10.3 Å². The molecule has 0 radical (unpaired) electrons. The van der Waals surface area contributed by atoms with Crippen LogP contribution in [0.15, 0.2) is 4.99 Å². The summed E-state index contributed by atoms with van der Waals surface area (Å²) in [6.45, 7) is 0. The molecule has 5 nitrogen and oxygen atoms in total. The molecule has 0 aromatic rings. The van der Waals surface area contributed by atoms with Crippen molar-refractivity contribution in [3.8, 4) is 0 Å². The number of amides is 2. The first-order valence-electron chi connectivity index (χ1n) is 8.50. The Hall–Kier alpha value is -1.10. The molecule has 0 unspecified atom stereocenters. The Balaban J connectivity index is 1.90. The van der Waals surface area contributed by atoms with Gasteiger partial charge < -0.3 is 0 Å². The van der Waals surface area contributed by atoms with Crippen LogP contribution in [0.2, 0.25) is 0 Å². The smallest absolute Gasteiger partial charge is 0.293 e. The van der Waals surface area contributed by atoms with Crippen LogP contribution in [0.5, 0.6) is 0 Å². The van der Waals surface area contributed by atoms with Crippen molar-refractivity contribution in [3.63, 3.8) is 0 Å². The molecule has 3 aliphatic rings. The molecule has 2 amide bonds. The molecular weight excluding hydrogens is 264 g/mol. The third kappa shape index (κ3) is 2.68. The topological polar surface area (TPSA) is 47.9 Å². The summed E-state index contributed by atoms with van der Waals surface area (Å²) in [5.41, 5.74) is -0.198. The van der Waals surface area contributed by atoms with Crippen molar-refractivity contribution in [1.82, 2.24) is 15.3 Å². The molecule has 3 fully saturated rings. The first kappa shape index (κ1) is 14.8. The zero-order valence-corrected chi connectivity index (χ0v) is 13.4. The molecule has 21 heavy (non-hydrogen) atoms. The Labute approximate surface area is 127 Å². The van der Waals surface area contributed by atoms with Crippen LogP contribution in [-0.4, -0.2) is 47.6 Å². The number of hydrazine groups is 1. The van der Waals surface area contributed by atoms with Gasteiger partial charge in [-0.15, -0.1) is 0 Å². The lowest BCUT2D eigenvalue weighted by Crippen LogP contribution is -2.56. The largest absolute Gasteiger partial charge is 0.338 e. The van der Waals surface area contributed by atoms with E-state index in [1.807, 2.05) is 24.1 Å². The summed E-state index contributed by atoms with van der Waals surface area (Å²) in [5, 5.41) is 6.93. The van der Waals surface area contributed by atoms with Crippen LogP contribution in [0.25, 0.3) is 0 Å². The van der Waals surface area contributed by atoms with Gasteiger partial charge in [-0.1, -0.05) is 38.5 Å². The molecule has 2 aliphatic carbocycles. The van der Waals surface area contributed by atoms with Crippen LogP contribution in [-0.2, 0) is 0 Å². The molecule has 0 atom stereocenters. The molecule has 1 N–H and O–H groups in total. The molecule has 0 aromatic heterocycles. The average Bonchev–Trinajstić information content (AvgIpc) is 2.72. The summed E-state index contributed by atoms with van der Waals surface area (Å²) in [7, 11) is 3.92. The van der Waals surface area contributed by atoms with Crippen molar-refractivity contribution < 1.29 is 4.79 Å². The number of carbonyl (C=O) groups excluding carboxylic acids is 1. The van der Waals surface area contributed by atoms with Gasteiger partial charge in [0.2, 0.25) is 0 Å². The average molecular weight is 292 g/mol. The quantitative estimate of drug-likeness (QED) is 0.850. The number of amidine groups is 1. The maximum atomic E-state index is 12.4. The number of urea groups is 1. The standard InChI is InChI=1S/C16H28N4O/c1-19(2)20-15(21)18-14(16(20)11-7-4-8-12-16)17-13-9-5-3-6-10-13/h13H,3-12H2,1-2H3,(H,17,18,21). The molecule has 118 valence electrons. The molecule has 1 spiro atoms. The molecule has 1 heterocycles. The van der Waals surface area contributed by atoms with E-state index in [0.29, 0.717) is 6.04 Å². The summed E-state index contributed by atoms with van der Waals surface area (Å²) in [4.78, 5) is 17.4. The SMILES string of the molecule is CN(C)N1C(=O)NC(=NC2CCCCC2)C12CCCCC2. The predicted molar refractivity (Wildman–Crippen MR) is 84.2 cm³/mol. The maximum Gasteiger partial charge on any atom is 0.338 e. The number of hydrogen-bond acceptors (Lipinski definition) is 3. The zero-order valence-electron chi connectivity index (χ0n) is 13.4. The van der Waals surface area contributed by atoms with E-state index in [2.05, 4.69) is 5.32 Å². The van der Waals surface area contributed by atoms with Crippen molar-refractivity contribution in [2.75, 3.05) is 14.1 Å². The van der Waals surface area contributed by atoms with Gasteiger partial charge in [0.15, 0.2) is 0 Å². The van der Waals surface area contributed by atoms with E-state index in [9.17, 15) is 4.79 Å². The molecule has 0 aromatic carbocycles. The fourth-order valence-electron chi connectivity index (χ4n) is 4.26. The molecule has 1 aliphatic heterocycles. The van der Waals surface area contributed by atoms with E-state index >= 15 is 0 Å². The number of nitrogens with one attached hydrogen (secondary N) is 1. The molecule has 0 bridgehead atoms. The Morgan fingerprint density at radius 1 is 1.10 bits per heavy atom. The summed E-state index contributed by atoms with van der Waals surface area (Å²) >= 11 is 0. The molecule has 3 rings (SSSR count). The van der Waals surface area contributed by atoms with E-state index < -0.39 is 0 Å². The van der Waals surface area contributed by atoms with Crippen molar-refractivity contribution in [2.24, 2.45) is 4.99 Å². The summed E-state index contributed by atoms with van der Waals surface area (Å²) in [6.07, 6.45) is 12.0. The van der Waals surface area contributed by atoms with E-state index in [-0.39, 0.29) is 11.6 Å². The Morgan fingerprint density at radius 3 is 2.33 bits per heavy atom. The van der Waals surface area contributed by atoms with Crippen LogP contribution < -0.4 is 5.32 Å². The van der Waals surface area contributed by atoms with E-state index in [1.165, 1.54) is 51.4 Å². The molecule has 2 saturated carbocycles. The second-order valence-corrected chi connectivity index (χ2v) is 6.95. The van der Waals surface area contributed by atoms with E-state index in [4.69, 9.17) is 4.99 Å². The molecular formula is C16H28N4O. The van der Waals surface area contributed by atoms with Crippen molar-refractivity contribution in [2.45, 2.75) is 75.8 Å². The lowest BCUT2D eigenvalue weighted by molar-refractivity contribution is -0.00350. The summed E-state index contributed by atoms with van der Waals surface area (Å²) < 4.78 is 0. The Morgan fingerprint density at radius 2 is 1.71 bits per heavy atom. The first-order valence-corrected chi connectivity index (χ1v) is 8.50. The van der Waals surface area contributed by atoms with Gasteiger partial charge in [0, 0.05) is 14.1 Å². The number of hydrogen-bond donors (Lipinski definition) is 1. The van der Waals surface area contributed by atoms with Crippen LogP contribution in [0.4, 0.5) is 4.79 Å². The van der Waals surface area contributed by atoms with Crippen LogP contribution in [0.3, 0.4) is 0 Å². The van der Waals surface area contributed by atoms with Gasteiger partial charge in [0.05, 0.1) is 6.04 Å². The van der Waals surface area contributed by atoms with Crippen molar-refractivity contribution >= 4 is 11.9 Å². The zero-order chi connectivity index (χ0) is 14.9. The second-order valence-electron chi connectivity index (χ2n) is 6.95. The minimum atomic E-state index is -0.198. The highest BCUT2D eigenvalue weighted by molar-refractivity contribution is 6.09. The third-order valence-corrected chi connectivity index (χ3v) is 5.23. The lowest BCUT2D eigenvalue weighted by Gasteiger charge is -2.42. The highest BCUT2D eigenvalue weighted by Crippen LogP contribution is 2.38. The fraction of sp³-hybridized carbons (Fsp3) is 0.875. The summed E-state index contributed by atoms with van der Waals surface area (Å²) in [5.74, 6) is 0.952. The van der Waals surface area contributed by atoms with Crippen LogP contribution >= 0.6 is 0 Å². The number of aliphatic imine (C=N–C) groups is 1. The number of carbonyl (C=O) groups is 1. The Bertz CT molecular complexity index is 420. The maximum absolute atomic E-state index is 12.4. The second kappa shape index (κ2) is 5.95. The fourth-order valence-corrected chi connectivity index (χ4v) is 4.26. The number of nitrogens with zero attached hydrogens (tertiary/aromatic N) is 3. The normalized spacial score (nSPS) is 28.6. The van der Waals surface area contributed by atoms with Crippen molar-refractivity contribution in [1.29, 1.82) is 0 Å². The van der Waals surface area contributed by atoms with Gasteiger partial charge in [0.1, 0.15) is 11.4 Å². The molecule has 5 heteroatoms. The first-order chi connectivity index (χ1) is 10.1. The van der Waals surface area contributed by atoms with Gasteiger partial charge >= 0.3 is 6.03 Å². The number of rotatable bonds is 2. The minimum Gasteiger partial charge on any atom is -0.293 e. The third-order valence-electron chi connectivity index (χ3n) is 5.23. The predicted octanol–water partition coefficient (Wildman–Crippen LogP) is 2.92. The highest BCUT2D eigenvalue weighted by Gasteiger charge is 2.52. The van der Waals surface area contributed by atoms with Gasteiger partial charge in [-0.25, -0.2) is 14.8 Å².